The van der Waals surface area contributed by atoms with Gasteiger partial charge in [-0.05, 0) is 19.4 Å². The van der Waals surface area contributed by atoms with Crippen LogP contribution in [0.15, 0.2) is 0 Å². The molecule has 1 saturated heterocycles. The summed E-state index contributed by atoms with van der Waals surface area (Å²) in [6, 6.07) is -0.131. The Kier molecular flexibility index (Phi) is 4.00. The first-order valence-electron chi connectivity index (χ1n) is 4.82. The Bertz CT molecular complexity index is 186. The lowest BCUT2D eigenvalue weighted by Gasteiger charge is -2.20. The van der Waals surface area contributed by atoms with Crippen LogP contribution in [0.4, 0.5) is 0 Å². The number of nitrogens with zero attached hydrogens (tertiary/aromatic N) is 1. The molecule has 1 unspecified atom stereocenters. The molecule has 1 heterocycles. The minimum Gasteiger partial charge on any atom is -0.368 e. The van der Waals surface area contributed by atoms with Crippen LogP contribution >= 0.6 is 11.6 Å². The number of unbranched alkanes of at least 4 members (excludes halogenated alkanes) is 1. The van der Waals surface area contributed by atoms with E-state index in [0.29, 0.717) is 6.42 Å². The highest BCUT2D eigenvalue weighted by Crippen LogP contribution is 2.22. The third-order valence-electron chi connectivity index (χ3n) is 2.48. The summed E-state index contributed by atoms with van der Waals surface area (Å²) in [4.78, 5) is 13.1. The molecule has 1 rings (SSSR count). The zero-order chi connectivity index (χ0) is 9.84. The molecule has 4 heteroatoms. The van der Waals surface area contributed by atoms with Gasteiger partial charge in [-0.3, -0.25) is 9.69 Å². The third-order valence-corrected chi connectivity index (χ3v) is 2.80. The smallest absolute Gasteiger partial charge is 0.234 e. The van der Waals surface area contributed by atoms with Gasteiger partial charge < -0.3 is 5.73 Å². The van der Waals surface area contributed by atoms with Crippen molar-refractivity contribution < 1.29 is 4.79 Å². The van der Waals surface area contributed by atoms with Crippen molar-refractivity contribution in [3.8, 4) is 0 Å². The zero-order valence-electron chi connectivity index (χ0n) is 8.00. The third kappa shape index (κ3) is 2.85. The predicted molar refractivity (Wildman–Crippen MR) is 53.7 cm³/mol. The molecule has 0 spiro atoms. The van der Waals surface area contributed by atoms with E-state index in [-0.39, 0.29) is 17.3 Å². The van der Waals surface area contributed by atoms with Crippen molar-refractivity contribution in [3.63, 3.8) is 0 Å². The molecule has 13 heavy (non-hydrogen) atoms. The molecular weight excluding hydrogens is 188 g/mol. The van der Waals surface area contributed by atoms with Crippen molar-refractivity contribution in [3.05, 3.63) is 0 Å². The van der Waals surface area contributed by atoms with Gasteiger partial charge >= 0.3 is 0 Å². The number of rotatable bonds is 4. The molecule has 2 N–H and O–H groups in total. The lowest BCUT2D eigenvalue weighted by atomic mass is 10.2. The van der Waals surface area contributed by atoms with Gasteiger partial charge in [0.1, 0.15) is 0 Å². The van der Waals surface area contributed by atoms with E-state index in [4.69, 9.17) is 17.3 Å². The lowest BCUT2D eigenvalue weighted by molar-refractivity contribution is -0.122. The Morgan fingerprint density at radius 3 is 2.92 bits per heavy atom. The molecule has 0 aromatic carbocycles. The van der Waals surface area contributed by atoms with E-state index in [9.17, 15) is 4.79 Å². The van der Waals surface area contributed by atoms with Gasteiger partial charge in [0, 0.05) is 11.9 Å². The minimum atomic E-state index is -0.237. The Hall–Kier alpha value is -0.280. The van der Waals surface area contributed by atoms with Gasteiger partial charge in [-0.25, -0.2) is 0 Å². The number of hydrogen-bond donors (Lipinski definition) is 1. The first-order valence-corrected chi connectivity index (χ1v) is 5.26. The Balaban J connectivity index is 2.45. The maximum Gasteiger partial charge on any atom is 0.234 e. The topological polar surface area (TPSA) is 46.3 Å². The van der Waals surface area contributed by atoms with E-state index in [1.165, 1.54) is 0 Å². The summed E-state index contributed by atoms with van der Waals surface area (Å²) >= 11 is 5.98. The zero-order valence-corrected chi connectivity index (χ0v) is 8.76. The molecule has 1 aliphatic rings. The van der Waals surface area contributed by atoms with E-state index in [0.717, 1.165) is 25.9 Å². The van der Waals surface area contributed by atoms with Crippen molar-refractivity contribution >= 4 is 17.5 Å². The number of nitrogens with two attached hydrogens (primary N) is 1. The van der Waals surface area contributed by atoms with E-state index in [1.54, 1.807) is 0 Å². The fourth-order valence-corrected chi connectivity index (χ4v) is 2.10. The van der Waals surface area contributed by atoms with Gasteiger partial charge in [-0.15, -0.1) is 11.6 Å². The summed E-state index contributed by atoms with van der Waals surface area (Å²) in [5.41, 5.74) is 5.28. The maximum atomic E-state index is 11.0. The fraction of sp³-hybridized carbons (Fsp3) is 0.889. The fourth-order valence-electron chi connectivity index (χ4n) is 1.75. The lowest BCUT2D eigenvalue weighted by Crippen LogP contribution is -2.40. The second-order valence-corrected chi connectivity index (χ2v) is 4.22. The SMILES string of the molecule is CCCCN1CC(Cl)C[C@H]1C(N)=O. The number of carbonyl (C=O) groups excluding carboxylic acids is 1. The number of halogens is 1. The molecule has 0 aromatic rings. The van der Waals surface area contributed by atoms with Crippen LogP contribution in [0.1, 0.15) is 26.2 Å². The molecule has 2 atom stereocenters. The summed E-state index contributed by atoms with van der Waals surface area (Å²) < 4.78 is 0. The maximum absolute atomic E-state index is 11.0. The van der Waals surface area contributed by atoms with E-state index < -0.39 is 0 Å². The monoisotopic (exact) mass is 204 g/mol. The molecule has 0 aromatic heterocycles. The van der Waals surface area contributed by atoms with Crippen LogP contribution in [0.5, 0.6) is 0 Å². The van der Waals surface area contributed by atoms with Gasteiger partial charge in [0.05, 0.1) is 6.04 Å². The number of likely N-dealkylation sites (tertiary alicyclic amines) is 1. The number of hydrogen-bond acceptors (Lipinski definition) is 2. The highest BCUT2D eigenvalue weighted by atomic mass is 35.5. The quantitative estimate of drug-likeness (QED) is 0.694. The van der Waals surface area contributed by atoms with Crippen molar-refractivity contribution in [2.75, 3.05) is 13.1 Å². The Morgan fingerprint density at radius 2 is 2.38 bits per heavy atom. The largest absolute Gasteiger partial charge is 0.368 e. The summed E-state index contributed by atoms with van der Waals surface area (Å²) in [6.45, 7) is 3.87. The van der Waals surface area contributed by atoms with Gasteiger partial charge in [-0.2, -0.15) is 0 Å². The molecule has 76 valence electrons. The van der Waals surface area contributed by atoms with Gasteiger partial charge in [-0.1, -0.05) is 13.3 Å². The average molecular weight is 205 g/mol. The molecular formula is C9H17ClN2O. The average Bonchev–Trinajstić information content (AvgIpc) is 2.43. The summed E-state index contributed by atoms with van der Waals surface area (Å²) in [6.07, 6.45) is 2.95. The van der Waals surface area contributed by atoms with Crippen LogP contribution in [0.3, 0.4) is 0 Å². The predicted octanol–water partition coefficient (Wildman–Crippen LogP) is 0.954. The van der Waals surface area contributed by atoms with E-state index >= 15 is 0 Å². The van der Waals surface area contributed by atoms with Crippen LogP contribution in [-0.4, -0.2) is 35.3 Å². The summed E-state index contributed by atoms with van der Waals surface area (Å²) in [5, 5.41) is 0.0920. The first kappa shape index (κ1) is 10.8. The number of alkyl halides is 1. The highest BCUT2D eigenvalue weighted by molar-refractivity contribution is 6.21. The van der Waals surface area contributed by atoms with Gasteiger partial charge in [0.25, 0.3) is 0 Å². The number of amides is 1. The standard InChI is InChI=1S/C9H17ClN2O/c1-2-3-4-12-6-7(10)5-8(12)9(11)13/h7-8H,2-6H2,1H3,(H2,11,13)/t7?,8-/m0/s1. The van der Waals surface area contributed by atoms with Crippen LogP contribution in [-0.2, 0) is 4.79 Å². The van der Waals surface area contributed by atoms with Crippen molar-refractivity contribution in [1.29, 1.82) is 0 Å². The molecule has 1 fully saturated rings. The van der Waals surface area contributed by atoms with Gasteiger partial charge in [0.15, 0.2) is 0 Å². The molecule has 0 saturated carbocycles. The van der Waals surface area contributed by atoms with Crippen LogP contribution in [0, 0.1) is 0 Å². The van der Waals surface area contributed by atoms with Crippen LogP contribution in [0.25, 0.3) is 0 Å². The van der Waals surface area contributed by atoms with Crippen LogP contribution < -0.4 is 5.73 Å². The molecule has 0 aliphatic carbocycles. The van der Waals surface area contributed by atoms with Gasteiger partial charge in [0.2, 0.25) is 5.91 Å². The molecule has 1 amide bonds. The molecule has 1 aliphatic heterocycles. The minimum absolute atomic E-state index is 0.0920. The number of carbonyl (C=O) groups is 1. The summed E-state index contributed by atoms with van der Waals surface area (Å²) in [7, 11) is 0. The second kappa shape index (κ2) is 4.82. The Labute approximate surface area is 84.2 Å². The van der Waals surface area contributed by atoms with Crippen LogP contribution in [0.2, 0.25) is 0 Å². The summed E-state index contributed by atoms with van der Waals surface area (Å²) in [5.74, 6) is -0.237. The highest BCUT2D eigenvalue weighted by Gasteiger charge is 2.33. The van der Waals surface area contributed by atoms with E-state index in [1.807, 2.05) is 0 Å². The second-order valence-electron chi connectivity index (χ2n) is 3.60. The molecule has 0 bridgehead atoms. The first-order chi connectivity index (χ1) is 6.15. The van der Waals surface area contributed by atoms with Crippen molar-refractivity contribution in [2.45, 2.75) is 37.6 Å². The van der Waals surface area contributed by atoms with Crippen molar-refractivity contribution in [2.24, 2.45) is 5.73 Å². The van der Waals surface area contributed by atoms with E-state index in [2.05, 4.69) is 11.8 Å². The molecule has 0 radical (unpaired) electrons. The number of primary amides is 1. The molecule has 3 nitrogen and oxygen atoms in total. The van der Waals surface area contributed by atoms with Crippen molar-refractivity contribution in [1.82, 2.24) is 4.90 Å². The normalized spacial score (nSPS) is 29.4. The Morgan fingerprint density at radius 1 is 1.69 bits per heavy atom.